The molecular weight excluding hydrogens is 172 g/mol. The van der Waals surface area contributed by atoms with Crippen LogP contribution in [0.1, 0.15) is 40.0 Å². The van der Waals surface area contributed by atoms with Crippen molar-refractivity contribution >= 4 is 0 Å². The maximum atomic E-state index is 3.51. The van der Waals surface area contributed by atoms with Gasteiger partial charge in [0.25, 0.3) is 0 Å². The van der Waals surface area contributed by atoms with Crippen molar-refractivity contribution in [1.82, 2.24) is 10.2 Å². The van der Waals surface area contributed by atoms with E-state index in [-0.39, 0.29) is 0 Å². The van der Waals surface area contributed by atoms with E-state index in [9.17, 15) is 0 Å². The average molecular weight is 198 g/mol. The SMILES string of the molecule is CCCC(CC)N1CCNCC(C)C1. The molecule has 0 spiro atoms. The van der Waals surface area contributed by atoms with Crippen LogP contribution in [0.2, 0.25) is 0 Å². The summed E-state index contributed by atoms with van der Waals surface area (Å²) in [6.45, 7) is 11.9. The van der Waals surface area contributed by atoms with Crippen molar-refractivity contribution in [1.29, 1.82) is 0 Å². The molecule has 1 fully saturated rings. The number of hydrogen-bond acceptors (Lipinski definition) is 2. The predicted octanol–water partition coefficient (Wildman–Crippen LogP) is 2.11. The fourth-order valence-electron chi connectivity index (χ4n) is 2.44. The second-order valence-corrected chi connectivity index (χ2v) is 4.65. The Bertz CT molecular complexity index is 147. The molecule has 0 amide bonds. The van der Waals surface area contributed by atoms with Gasteiger partial charge in [-0.25, -0.2) is 0 Å². The minimum atomic E-state index is 0.809. The first-order chi connectivity index (χ1) is 6.77. The third-order valence-corrected chi connectivity index (χ3v) is 3.22. The van der Waals surface area contributed by atoms with Crippen molar-refractivity contribution < 1.29 is 0 Å². The second kappa shape index (κ2) is 6.41. The lowest BCUT2D eigenvalue weighted by Crippen LogP contribution is -2.38. The molecule has 2 nitrogen and oxygen atoms in total. The topological polar surface area (TPSA) is 15.3 Å². The number of rotatable bonds is 4. The fourth-order valence-corrected chi connectivity index (χ4v) is 2.44. The van der Waals surface area contributed by atoms with Crippen LogP contribution in [0.25, 0.3) is 0 Å². The fraction of sp³-hybridized carbons (Fsp3) is 1.00. The van der Waals surface area contributed by atoms with Crippen molar-refractivity contribution in [2.24, 2.45) is 5.92 Å². The van der Waals surface area contributed by atoms with Crippen LogP contribution in [0.4, 0.5) is 0 Å². The van der Waals surface area contributed by atoms with E-state index in [0.717, 1.165) is 12.0 Å². The smallest absolute Gasteiger partial charge is 0.0110 e. The highest BCUT2D eigenvalue weighted by Crippen LogP contribution is 2.14. The molecule has 1 saturated heterocycles. The Morgan fingerprint density at radius 1 is 1.43 bits per heavy atom. The quantitative estimate of drug-likeness (QED) is 0.744. The molecule has 14 heavy (non-hydrogen) atoms. The highest BCUT2D eigenvalue weighted by molar-refractivity contribution is 4.76. The average Bonchev–Trinajstić information content (AvgIpc) is 2.39. The van der Waals surface area contributed by atoms with E-state index in [1.807, 2.05) is 0 Å². The zero-order chi connectivity index (χ0) is 10.4. The van der Waals surface area contributed by atoms with Gasteiger partial charge in [0.05, 0.1) is 0 Å². The normalized spacial score (nSPS) is 27.2. The minimum Gasteiger partial charge on any atom is -0.315 e. The molecule has 2 heteroatoms. The first kappa shape index (κ1) is 12.0. The van der Waals surface area contributed by atoms with E-state index in [1.165, 1.54) is 45.4 Å². The standard InChI is InChI=1S/C12H26N2/c1-4-6-12(5-2)14-8-7-13-9-11(3)10-14/h11-13H,4-10H2,1-3H3. The van der Waals surface area contributed by atoms with E-state index >= 15 is 0 Å². The van der Waals surface area contributed by atoms with Gasteiger partial charge in [0, 0.05) is 25.7 Å². The maximum absolute atomic E-state index is 3.51. The van der Waals surface area contributed by atoms with Crippen molar-refractivity contribution in [3.8, 4) is 0 Å². The summed E-state index contributed by atoms with van der Waals surface area (Å²) in [7, 11) is 0. The predicted molar refractivity (Wildman–Crippen MR) is 62.6 cm³/mol. The third kappa shape index (κ3) is 3.58. The van der Waals surface area contributed by atoms with Gasteiger partial charge in [-0.1, -0.05) is 27.2 Å². The first-order valence-electron chi connectivity index (χ1n) is 6.22. The van der Waals surface area contributed by atoms with Gasteiger partial charge in [-0.3, -0.25) is 4.90 Å². The molecule has 0 aromatic rings. The van der Waals surface area contributed by atoms with Crippen LogP contribution in [-0.4, -0.2) is 37.1 Å². The van der Waals surface area contributed by atoms with Crippen molar-refractivity contribution in [2.45, 2.75) is 46.1 Å². The summed E-state index contributed by atoms with van der Waals surface area (Å²) in [6.07, 6.45) is 3.99. The summed E-state index contributed by atoms with van der Waals surface area (Å²) in [5, 5.41) is 3.51. The molecule has 1 aliphatic rings. The Labute approximate surface area is 89.1 Å². The van der Waals surface area contributed by atoms with Crippen LogP contribution in [0.15, 0.2) is 0 Å². The van der Waals surface area contributed by atoms with Crippen molar-refractivity contribution in [2.75, 3.05) is 26.2 Å². The van der Waals surface area contributed by atoms with Gasteiger partial charge in [0.2, 0.25) is 0 Å². The molecule has 0 bridgehead atoms. The molecule has 2 atom stereocenters. The lowest BCUT2D eigenvalue weighted by atomic mass is 10.1. The summed E-state index contributed by atoms with van der Waals surface area (Å²) in [5.74, 6) is 0.809. The number of nitrogens with one attached hydrogen (secondary N) is 1. The summed E-state index contributed by atoms with van der Waals surface area (Å²) < 4.78 is 0. The Kier molecular flexibility index (Phi) is 5.49. The Hall–Kier alpha value is -0.0800. The Morgan fingerprint density at radius 2 is 2.21 bits per heavy atom. The van der Waals surface area contributed by atoms with Crippen molar-refractivity contribution in [3.63, 3.8) is 0 Å². The molecule has 2 unspecified atom stereocenters. The van der Waals surface area contributed by atoms with E-state index in [0.29, 0.717) is 0 Å². The first-order valence-corrected chi connectivity index (χ1v) is 6.22. The van der Waals surface area contributed by atoms with Gasteiger partial charge < -0.3 is 5.32 Å². The van der Waals surface area contributed by atoms with Gasteiger partial charge in [0.15, 0.2) is 0 Å². The van der Waals surface area contributed by atoms with Gasteiger partial charge in [-0.15, -0.1) is 0 Å². The monoisotopic (exact) mass is 198 g/mol. The van der Waals surface area contributed by atoms with Crippen LogP contribution < -0.4 is 5.32 Å². The summed E-state index contributed by atoms with van der Waals surface area (Å²) >= 11 is 0. The number of nitrogens with zero attached hydrogens (tertiary/aromatic N) is 1. The third-order valence-electron chi connectivity index (χ3n) is 3.22. The summed E-state index contributed by atoms with van der Waals surface area (Å²) in [4.78, 5) is 2.69. The Balaban J connectivity index is 2.45. The van der Waals surface area contributed by atoms with Crippen LogP contribution in [0, 0.1) is 5.92 Å². The van der Waals surface area contributed by atoms with Crippen LogP contribution >= 0.6 is 0 Å². The molecule has 84 valence electrons. The molecule has 0 aliphatic carbocycles. The Morgan fingerprint density at radius 3 is 2.86 bits per heavy atom. The molecule has 1 aliphatic heterocycles. The van der Waals surface area contributed by atoms with Gasteiger partial charge in [-0.2, -0.15) is 0 Å². The molecule has 0 radical (unpaired) electrons. The summed E-state index contributed by atoms with van der Waals surface area (Å²) in [6, 6.07) is 0.822. The van der Waals surface area contributed by atoms with E-state index < -0.39 is 0 Å². The molecule has 1 rings (SSSR count). The zero-order valence-corrected chi connectivity index (χ0v) is 10.1. The second-order valence-electron chi connectivity index (χ2n) is 4.65. The zero-order valence-electron chi connectivity index (χ0n) is 10.1. The van der Waals surface area contributed by atoms with Crippen LogP contribution in [-0.2, 0) is 0 Å². The van der Waals surface area contributed by atoms with Crippen LogP contribution in [0.5, 0.6) is 0 Å². The molecule has 0 aromatic carbocycles. The molecular formula is C12H26N2. The molecule has 1 N–H and O–H groups in total. The van der Waals surface area contributed by atoms with E-state index in [1.54, 1.807) is 0 Å². The van der Waals surface area contributed by atoms with Gasteiger partial charge in [0.1, 0.15) is 0 Å². The highest BCUT2D eigenvalue weighted by atomic mass is 15.2. The highest BCUT2D eigenvalue weighted by Gasteiger charge is 2.20. The number of hydrogen-bond donors (Lipinski definition) is 1. The summed E-state index contributed by atoms with van der Waals surface area (Å²) in [5.41, 5.74) is 0. The molecule has 0 aromatic heterocycles. The maximum Gasteiger partial charge on any atom is 0.0110 e. The molecule has 0 saturated carbocycles. The van der Waals surface area contributed by atoms with Gasteiger partial charge in [-0.05, 0) is 25.3 Å². The lowest BCUT2D eigenvalue weighted by Gasteiger charge is -2.30. The minimum absolute atomic E-state index is 0.809. The van der Waals surface area contributed by atoms with Gasteiger partial charge >= 0.3 is 0 Å². The van der Waals surface area contributed by atoms with Crippen molar-refractivity contribution in [3.05, 3.63) is 0 Å². The molecule has 1 heterocycles. The largest absolute Gasteiger partial charge is 0.315 e. The van der Waals surface area contributed by atoms with E-state index in [4.69, 9.17) is 0 Å². The van der Waals surface area contributed by atoms with E-state index in [2.05, 4.69) is 31.0 Å². The lowest BCUT2D eigenvalue weighted by molar-refractivity contribution is 0.175. The van der Waals surface area contributed by atoms with Crippen LogP contribution in [0.3, 0.4) is 0 Å².